The van der Waals surface area contributed by atoms with E-state index in [1.165, 1.54) is 0 Å². The molecule has 5 rings (SSSR count). The Bertz CT molecular complexity index is 1760. The molecule has 48 heavy (non-hydrogen) atoms. The molecule has 9 nitrogen and oxygen atoms in total. The van der Waals surface area contributed by atoms with Crippen molar-refractivity contribution in [2.24, 2.45) is 0 Å². The normalized spacial score (nSPS) is 14.0. The number of carbonyl (C=O) groups is 3. The van der Waals surface area contributed by atoms with E-state index in [-0.39, 0.29) is 30.7 Å². The number of aromatic nitrogens is 2. The highest BCUT2D eigenvalue weighted by molar-refractivity contribution is 6.30. The minimum Gasteiger partial charge on any atom is -0.394 e. The topological polar surface area (TPSA) is 108 Å². The van der Waals surface area contributed by atoms with Crippen LogP contribution in [0.4, 0.5) is 5.69 Å². The van der Waals surface area contributed by atoms with Crippen LogP contribution in [0.3, 0.4) is 0 Å². The second-order valence-electron chi connectivity index (χ2n) is 12.4. The summed E-state index contributed by atoms with van der Waals surface area (Å²) < 4.78 is 1.63. The molecule has 0 unspecified atom stereocenters. The van der Waals surface area contributed by atoms with Crippen LogP contribution in [0.1, 0.15) is 82.8 Å². The average molecular weight is 670 g/mol. The van der Waals surface area contributed by atoms with Crippen molar-refractivity contribution in [2.75, 3.05) is 25.0 Å². The molecule has 4 aromatic rings. The summed E-state index contributed by atoms with van der Waals surface area (Å²) >= 11 is 6.12. The lowest BCUT2D eigenvalue weighted by atomic mass is 9.93. The number of halogens is 1. The lowest BCUT2D eigenvalue weighted by Gasteiger charge is -2.36. The number of unbranched alkanes of at least 4 members (excludes halogenated alkanes) is 2. The number of aliphatic hydroxyl groups excluding tert-OH is 1. The molecule has 1 aliphatic heterocycles. The van der Waals surface area contributed by atoms with Gasteiger partial charge >= 0.3 is 0 Å². The Labute approximate surface area is 287 Å². The number of nitrogens with one attached hydrogen (secondary N) is 1. The first-order chi connectivity index (χ1) is 23.2. The zero-order valence-electron chi connectivity index (χ0n) is 27.9. The third kappa shape index (κ3) is 8.14. The number of anilines is 1. The Balaban J connectivity index is 1.51. The van der Waals surface area contributed by atoms with E-state index in [9.17, 15) is 19.5 Å². The van der Waals surface area contributed by atoms with E-state index in [1.54, 1.807) is 52.0 Å². The van der Waals surface area contributed by atoms with Crippen LogP contribution in [0.15, 0.2) is 72.8 Å². The molecule has 3 amide bonds. The number of amides is 3. The van der Waals surface area contributed by atoms with Gasteiger partial charge in [0.15, 0.2) is 5.69 Å². The maximum Gasteiger partial charge on any atom is 0.274 e. The van der Waals surface area contributed by atoms with Crippen LogP contribution in [0.2, 0.25) is 5.02 Å². The molecule has 10 heteroatoms. The molecular formula is C38H44ClN5O4. The third-order valence-corrected chi connectivity index (χ3v) is 9.01. The predicted octanol–water partition coefficient (Wildman–Crippen LogP) is 6.62. The number of rotatable bonds is 13. The fraction of sp³-hybridized carbons (Fsp3) is 0.368. The number of hydrogen-bond donors (Lipinski definition) is 2. The second-order valence-corrected chi connectivity index (χ2v) is 12.8. The minimum atomic E-state index is -0.428. The van der Waals surface area contributed by atoms with Crippen LogP contribution in [0.25, 0.3) is 5.69 Å². The van der Waals surface area contributed by atoms with Crippen LogP contribution in [0.5, 0.6) is 0 Å². The van der Waals surface area contributed by atoms with Crippen LogP contribution in [0, 0.1) is 6.92 Å². The molecule has 0 bridgehead atoms. The van der Waals surface area contributed by atoms with Gasteiger partial charge < -0.3 is 20.2 Å². The number of fused-ring (bicyclic) bond motifs is 1. The van der Waals surface area contributed by atoms with Gasteiger partial charge in [0.2, 0.25) is 5.91 Å². The molecule has 252 valence electrons. The first-order valence-corrected chi connectivity index (χ1v) is 17.1. The summed E-state index contributed by atoms with van der Waals surface area (Å²) in [4.78, 5) is 44.8. The van der Waals surface area contributed by atoms with Crippen molar-refractivity contribution in [2.45, 2.75) is 71.9 Å². The second kappa shape index (κ2) is 16.1. The van der Waals surface area contributed by atoms with Gasteiger partial charge in [-0.25, -0.2) is 4.68 Å². The van der Waals surface area contributed by atoms with E-state index >= 15 is 0 Å². The van der Waals surface area contributed by atoms with Gasteiger partial charge in [-0.1, -0.05) is 74.7 Å². The molecule has 0 saturated carbocycles. The number of aryl methyl sites for hydroxylation is 1. The van der Waals surface area contributed by atoms with E-state index in [1.807, 2.05) is 42.2 Å². The fourth-order valence-electron chi connectivity index (χ4n) is 6.15. The Kier molecular flexibility index (Phi) is 11.7. The maximum atomic E-state index is 14.5. The Hall–Kier alpha value is -4.47. The zero-order valence-corrected chi connectivity index (χ0v) is 28.7. The van der Waals surface area contributed by atoms with E-state index in [0.29, 0.717) is 59.4 Å². The van der Waals surface area contributed by atoms with Gasteiger partial charge in [-0.15, -0.1) is 0 Å². The van der Waals surface area contributed by atoms with Crippen molar-refractivity contribution in [3.05, 3.63) is 111 Å². The van der Waals surface area contributed by atoms with Gasteiger partial charge in [0, 0.05) is 36.0 Å². The molecule has 0 saturated heterocycles. The van der Waals surface area contributed by atoms with Crippen molar-refractivity contribution < 1.29 is 19.5 Å². The molecule has 2 heterocycles. The highest BCUT2D eigenvalue weighted by Gasteiger charge is 2.32. The summed E-state index contributed by atoms with van der Waals surface area (Å²) in [7, 11) is 0. The number of carbonyl (C=O) groups excluding carboxylic acids is 3. The molecule has 0 fully saturated rings. The summed E-state index contributed by atoms with van der Waals surface area (Å²) in [6.07, 6.45) is 4.40. The van der Waals surface area contributed by atoms with Crippen molar-refractivity contribution in [1.29, 1.82) is 0 Å². The maximum absolute atomic E-state index is 14.5. The van der Waals surface area contributed by atoms with Crippen molar-refractivity contribution in [3.63, 3.8) is 0 Å². The summed E-state index contributed by atoms with van der Waals surface area (Å²) in [5.74, 6) is -0.699. The highest BCUT2D eigenvalue weighted by atomic mass is 35.5. The van der Waals surface area contributed by atoms with Gasteiger partial charge in [-0.3, -0.25) is 14.4 Å². The summed E-state index contributed by atoms with van der Waals surface area (Å²) in [5.41, 5.74) is 5.12. The van der Waals surface area contributed by atoms with Crippen LogP contribution in [-0.2, 0) is 24.2 Å². The fourth-order valence-corrected chi connectivity index (χ4v) is 6.36. The van der Waals surface area contributed by atoms with Gasteiger partial charge in [-0.05, 0) is 79.3 Å². The van der Waals surface area contributed by atoms with Crippen LogP contribution >= 0.6 is 11.6 Å². The predicted molar refractivity (Wildman–Crippen MR) is 189 cm³/mol. The Morgan fingerprint density at radius 2 is 1.69 bits per heavy atom. The molecule has 0 aliphatic carbocycles. The SMILES string of the molecule is CCCCN(CCCC)C(=O)c1cc(C)n(-c2ccc(NC(=O)Cc3cccc(Cl)c3)cc2C(=O)N2Cc3ccccc3C[C@H]2CO)n1. The van der Waals surface area contributed by atoms with Crippen LogP contribution in [-0.4, -0.2) is 68.1 Å². The van der Waals surface area contributed by atoms with E-state index in [2.05, 4.69) is 19.2 Å². The third-order valence-electron chi connectivity index (χ3n) is 8.78. The lowest BCUT2D eigenvalue weighted by molar-refractivity contribution is -0.115. The quantitative estimate of drug-likeness (QED) is 0.166. The molecule has 1 atom stereocenters. The summed E-state index contributed by atoms with van der Waals surface area (Å²) in [6.45, 7) is 7.51. The van der Waals surface area contributed by atoms with E-state index in [0.717, 1.165) is 42.4 Å². The Morgan fingerprint density at radius 1 is 0.958 bits per heavy atom. The lowest BCUT2D eigenvalue weighted by Crippen LogP contribution is -2.46. The van der Waals surface area contributed by atoms with Gasteiger partial charge in [0.1, 0.15) is 0 Å². The standard InChI is InChI=1S/C38H44ClN5O4/c1-4-6-17-42(18-7-5-2)38(48)34-19-26(3)44(41-34)35-16-15-31(40-36(46)21-27-11-10-14-30(39)20-27)23-33(35)37(47)43-24-29-13-9-8-12-28(29)22-32(43)25-45/h8-16,19-20,23,32,45H,4-7,17-18,21-22,24-25H2,1-3H3,(H,40,46)/t32-/m0/s1. The molecule has 1 aromatic heterocycles. The average Bonchev–Trinajstić information content (AvgIpc) is 3.48. The number of hydrogen-bond acceptors (Lipinski definition) is 5. The molecule has 1 aliphatic rings. The Morgan fingerprint density at radius 3 is 2.38 bits per heavy atom. The van der Waals surface area contributed by atoms with Gasteiger partial charge in [0.25, 0.3) is 11.8 Å². The molecular weight excluding hydrogens is 626 g/mol. The number of nitrogens with zero attached hydrogens (tertiary/aromatic N) is 4. The smallest absolute Gasteiger partial charge is 0.274 e. The van der Waals surface area contributed by atoms with E-state index < -0.39 is 6.04 Å². The number of benzene rings is 3. The van der Waals surface area contributed by atoms with Gasteiger partial charge in [0.05, 0.1) is 30.3 Å². The molecule has 2 N–H and O–H groups in total. The minimum absolute atomic E-state index is 0.109. The van der Waals surface area contributed by atoms with Crippen molar-refractivity contribution in [1.82, 2.24) is 19.6 Å². The van der Waals surface area contributed by atoms with E-state index in [4.69, 9.17) is 16.7 Å². The van der Waals surface area contributed by atoms with Crippen LogP contribution < -0.4 is 5.32 Å². The number of aliphatic hydroxyl groups is 1. The largest absolute Gasteiger partial charge is 0.394 e. The summed E-state index contributed by atoms with van der Waals surface area (Å²) in [6, 6.07) is 21.5. The van der Waals surface area contributed by atoms with Crippen molar-refractivity contribution in [3.8, 4) is 5.69 Å². The summed E-state index contributed by atoms with van der Waals surface area (Å²) in [5, 5.41) is 18.6. The highest BCUT2D eigenvalue weighted by Crippen LogP contribution is 2.29. The molecule has 0 radical (unpaired) electrons. The monoisotopic (exact) mass is 669 g/mol. The first kappa shape index (κ1) is 34.9. The van der Waals surface area contributed by atoms with Gasteiger partial charge in [-0.2, -0.15) is 5.10 Å². The zero-order chi connectivity index (χ0) is 34.2. The molecule has 0 spiro atoms. The molecule has 3 aromatic carbocycles. The van der Waals surface area contributed by atoms with Crippen molar-refractivity contribution >= 4 is 35.0 Å². The first-order valence-electron chi connectivity index (χ1n) is 16.8.